The number of methoxy groups -OCH3 is 1. The number of nitrogens with one attached hydrogen (secondary N) is 2. The first kappa shape index (κ1) is 24.6. The van der Waals surface area contributed by atoms with Crippen LogP contribution in [-0.4, -0.2) is 27.9 Å². The molecule has 35 heavy (non-hydrogen) atoms. The van der Waals surface area contributed by atoms with Gasteiger partial charge >= 0.3 is 6.03 Å². The number of rotatable bonds is 8. The van der Waals surface area contributed by atoms with E-state index in [9.17, 15) is 4.79 Å². The van der Waals surface area contributed by atoms with Crippen LogP contribution in [0.1, 0.15) is 29.9 Å². The van der Waals surface area contributed by atoms with E-state index in [0.29, 0.717) is 27.4 Å². The molecular formula is C26H26ClN5O2S. The van der Waals surface area contributed by atoms with Crippen LogP contribution >= 0.6 is 23.4 Å². The van der Waals surface area contributed by atoms with E-state index in [2.05, 4.69) is 20.8 Å². The van der Waals surface area contributed by atoms with Gasteiger partial charge in [-0.2, -0.15) is 0 Å². The predicted molar refractivity (Wildman–Crippen MR) is 141 cm³/mol. The number of aromatic nitrogens is 3. The molecule has 1 aromatic heterocycles. The molecule has 1 unspecified atom stereocenters. The van der Waals surface area contributed by atoms with Gasteiger partial charge in [0.1, 0.15) is 5.75 Å². The Kier molecular flexibility index (Phi) is 7.94. The molecule has 0 aliphatic heterocycles. The third-order valence-electron chi connectivity index (χ3n) is 5.34. The van der Waals surface area contributed by atoms with E-state index in [-0.39, 0.29) is 6.03 Å². The van der Waals surface area contributed by atoms with Gasteiger partial charge in [0, 0.05) is 16.5 Å². The predicted octanol–water partition coefficient (Wildman–Crippen LogP) is 6.41. The molecule has 0 saturated carbocycles. The first-order valence-electron chi connectivity index (χ1n) is 11.0. The van der Waals surface area contributed by atoms with Gasteiger partial charge in [-0.05, 0) is 61.4 Å². The van der Waals surface area contributed by atoms with Crippen LogP contribution < -0.4 is 15.4 Å². The minimum Gasteiger partial charge on any atom is -0.497 e. The van der Waals surface area contributed by atoms with E-state index < -0.39 is 6.04 Å². The first-order chi connectivity index (χ1) is 16.9. The fourth-order valence-corrected chi connectivity index (χ4v) is 4.63. The second kappa shape index (κ2) is 11.3. The van der Waals surface area contributed by atoms with Crippen LogP contribution in [0, 0.1) is 6.92 Å². The average molecular weight is 508 g/mol. The van der Waals surface area contributed by atoms with Gasteiger partial charge in [0.05, 0.1) is 18.8 Å². The molecule has 0 aliphatic carbocycles. The van der Waals surface area contributed by atoms with Gasteiger partial charge in [-0.15, -0.1) is 10.2 Å². The van der Waals surface area contributed by atoms with E-state index in [1.165, 1.54) is 0 Å². The fourth-order valence-electron chi connectivity index (χ4n) is 3.56. The van der Waals surface area contributed by atoms with Crippen molar-refractivity contribution in [2.24, 2.45) is 0 Å². The molecule has 0 fully saturated rings. The third kappa shape index (κ3) is 6.15. The summed E-state index contributed by atoms with van der Waals surface area (Å²) in [6.07, 6.45) is 0. The highest BCUT2D eigenvalue weighted by molar-refractivity contribution is 7.98. The Labute approximate surface area is 213 Å². The SMILES string of the molecule is COc1cccc(CSc2nnc(C(C)NC(=O)Nc3ccccc3)n2-c2cc(Cl)ccc2C)c1. The van der Waals surface area contributed by atoms with Gasteiger partial charge < -0.3 is 15.4 Å². The molecule has 0 radical (unpaired) electrons. The molecule has 4 aromatic rings. The van der Waals surface area contributed by atoms with E-state index in [1.807, 2.05) is 91.2 Å². The maximum atomic E-state index is 12.6. The number of urea groups is 1. The lowest BCUT2D eigenvalue weighted by atomic mass is 10.2. The van der Waals surface area contributed by atoms with Crippen LogP contribution in [0.5, 0.6) is 5.75 Å². The summed E-state index contributed by atoms with van der Waals surface area (Å²) >= 11 is 7.90. The summed E-state index contributed by atoms with van der Waals surface area (Å²) in [7, 11) is 1.65. The number of anilines is 1. The highest BCUT2D eigenvalue weighted by Crippen LogP contribution is 2.31. The second-order valence-electron chi connectivity index (χ2n) is 7.93. The zero-order chi connectivity index (χ0) is 24.8. The van der Waals surface area contributed by atoms with Crippen molar-refractivity contribution in [2.75, 3.05) is 12.4 Å². The molecule has 1 atom stereocenters. The summed E-state index contributed by atoms with van der Waals surface area (Å²) in [5, 5.41) is 16.0. The summed E-state index contributed by atoms with van der Waals surface area (Å²) in [5.74, 6) is 2.08. The molecule has 4 rings (SSSR count). The molecule has 2 amide bonds. The van der Waals surface area contributed by atoms with Crippen molar-refractivity contribution >= 4 is 35.1 Å². The lowest BCUT2D eigenvalue weighted by Crippen LogP contribution is -2.32. The molecule has 2 N–H and O–H groups in total. The monoisotopic (exact) mass is 507 g/mol. The Balaban J connectivity index is 1.61. The molecular weight excluding hydrogens is 482 g/mol. The van der Waals surface area contributed by atoms with Gasteiger partial charge in [-0.1, -0.05) is 59.8 Å². The molecule has 3 aromatic carbocycles. The number of hydrogen-bond acceptors (Lipinski definition) is 5. The summed E-state index contributed by atoms with van der Waals surface area (Å²) in [6.45, 7) is 3.88. The van der Waals surface area contributed by atoms with Crippen LogP contribution in [0.2, 0.25) is 5.02 Å². The molecule has 180 valence electrons. The molecule has 1 heterocycles. The topological polar surface area (TPSA) is 81.1 Å². The lowest BCUT2D eigenvalue weighted by Gasteiger charge is -2.18. The zero-order valence-electron chi connectivity index (χ0n) is 19.7. The Morgan fingerprint density at radius 2 is 1.89 bits per heavy atom. The first-order valence-corrected chi connectivity index (χ1v) is 12.4. The minimum atomic E-state index is -0.421. The maximum Gasteiger partial charge on any atom is 0.319 e. The van der Waals surface area contributed by atoms with Crippen molar-refractivity contribution in [1.29, 1.82) is 0 Å². The van der Waals surface area contributed by atoms with Crippen molar-refractivity contribution in [2.45, 2.75) is 30.8 Å². The van der Waals surface area contributed by atoms with Crippen molar-refractivity contribution in [1.82, 2.24) is 20.1 Å². The van der Waals surface area contributed by atoms with Gasteiger partial charge in [0.25, 0.3) is 0 Å². The van der Waals surface area contributed by atoms with Crippen LogP contribution in [0.3, 0.4) is 0 Å². The van der Waals surface area contributed by atoms with Crippen LogP contribution in [0.25, 0.3) is 5.69 Å². The number of nitrogens with zero attached hydrogens (tertiary/aromatic N) is 3. The fraction of sp³-hybridized carbons (Fsp3) is 0.192. The lowest BCUT2D eigenvalue weighted by molar-refractivity contribution is 0.249. The maximum absolute atomic E-state index is 12.6. The number of halogens is 1. The van der Waals surface area contributed by atoms with E-state index in [0.717, 1.165) is 22.6 Å². The van der Waals surface area contributed by atoms with Crippen molar-refractivity contribution < 1.29 is 9.53 Å². The summed E-state index contributed by atoms with van der Waals surface area (Å²) < 4.78 is 7.30. The molecule has 0 aliphatic rings. The summed E-state index contributed by atoms with van der Waals surface area (Å²) in [6, 6.07) is 22.1. The van der Waals surface area contributed by atoms with Gasteiger partial charge in [0.15, 0.2) is 11.0 Å². The third-order valence-corrected chi connectivity index (χ3v) is 6.57. The Morgan fingerprint density at radius 3 is 2.66 bits per heavy atom. The van der Waals surface area contributed by atoms with Crippen LogP contribution in [-0.2, 0) is 5.75 Å². The number of aryl methyl sites for hydroxylation is 1. The number of carbonyl (C=O) groups is 1. The number of thioether (sulfide) groups is 1. The standard InChI is InChI=1S/C26H26ClN5O2S/c1-17-12-13-20(27)15-23(17)32-24(18(2)28-25(33)29-21-9-5-4-6-10-21)30-31-26(32)35-16-19-8-7-11-22(14-19)34-3/h4-15,18H,16H2,1-3H3,(H2,28,29,33). The van der Waals surface area contributed by atoms with Gasteiger partial charge in [0.2, 0.25) is 0 Å². The molecule has 9 heteroatoms. The van der Waals surface area contributed by atoms with Crippen molar-refractivity contribution in [3.8, 4) is 11.4 Å². The van der Waals surface area contributed by atoms with Crippen LogP contribution in [0.4, 0.5) is 10.5 Å². The second-order valence-corrected chi connectivity index (χ2v) is 9.31. The number of hydrogen-bond donors (Lipinski definition) is 2. The highest BCUT2D eigenvalue weighted by Gasteiger charge is 2.22. The zero-order valence-corrected chi connectivity index (χ0v) is 21.2. The van der Waals surface area contributed by atoms with Crippen molar-refractivity contribution in [3.05, 3.63) is 94.8 Å². The number of amides is 2. The quantitative estimate of drug-likeness (QED) is 0.269. The van der Waals surface area contributed by atoms with Crippen LogP contribution in [0.15, 0.2) is 78.0 Å². The minimum absolute atomic E-state index is 0.327. The molecule has 7 nitrogen and oxygen atoms in total. The number of para-hydroxylation sites is 1. The van der Waals surface area contributed by atoms with E-state index in [4.69, 9.17) is 16.3 Å². The van der Waals surface area contributed by atoms with E-state index >= 15 is 0 Å². The Hall–Kier alpha value is -3.49. The summed E-state index contributed by atoms with van der Waals surface area (Å²) in [4.78, 5) is 12.6. The number of ether oxygens (including phenoxy) is 1. The Bertz CT molecular complexity index is 1310. The normalized spacial score (nSPS) is 11.7. The molecule has 0 spiro atoms. The van der Waals surface area contributed by atoms with Gasteiger partial charge in [-0.25, -0.2) is 4.79 Å². The van der Waals surface area contributed by atoms with E-state index in [1.54, 1.807) is 18.9 Å². The van der Waals surface area contributed by atoms with Crippen molar-refractivity contribution in [3.63, 3.8) is 0 Å². The molecule has 0 bridgehead atoms. The number of benzene rings is 3. The van der Waals surface area contributed by atoms with Gasteiger partial charge in [-0.3, -0.25) is 4.57 Å². The molecule has 0 saturated heterocycles. The Morgan fingerprint density at radius 1 is 1.09 bits per heavy atom. The summed E-state index contributed by atoms with van der Waals surface area (Å²) in [5.41, 5.74) is 3.68. The number of carbonyl (C=O) groups excluding carboxylic acids is 1. The highest BCUT2D eigenvalue weighted by atomic mass is 35.5. The largest absolute Gasteiger partial charge is 0.497 e. The average Bonchev–Trinajstić information content (AvgIpc) is 3.29. The smallest absolute Gasteiger partial charge is 0.319 e.